The zero-order valence-electron chi connectivity index (χ0n) is 14.5. The number of fused-ring (bicyclic) bond motifs is 2. The van der Waals surface area contributed by atoms with Crippen LogP contribution in [0.25, 0.3) is 0 Å². The van der Waals surface area contributed by atoms with Crippen molar-refractivity contribution in [3.05, 3.63) is 24.8 Å². The van der Waals surface area contributed by atoms with Crippen LogP contribution in [0.3, 0.4) is 0 Å². The van der Waals surface area contributed by atoms with Crippen LogP contribution in [0.5, 0.6) is 0 Å². The summed E-state index contributed by atoms with van der Waals surface area (Å²) < 4.78 is 6.41. The molecule has 0 unspecified atom stereocenters. The highest BCUT2D eigenvalue weighted by Crippen LogP contribution is 2.55. The first-order valence-electron chi connectivity index (χ1n) is 8.21. The topological polar surface area (TPSA) is 29.5 Å². The second-order valence-corrected chi connectivity index (χ2v) is 13.3. The summed E-state index contributed by atoms with van der Waals surface area (Å²) >= 11 is 0. The first kappa shape index (κ1) is 17.0. The van der Waals surface area contributed by atoms with Gasteiger partial charge in [-0.3, -0.25) is 0 Å². The number of hydrogen-bond donors (Lipinski definition) is 1. The lowest BCUT2D eigenvalue weighted by atomic mass is 9.78. The Morgan fingerprint density at radius 3 is 2.57 bits per heavy atom. The predicted molar refractivity (Wildman–Crippen MR) is 91.7 cm³/mol. The molecule has 0 radical (unpaired) electrons. The van der Waals surface area contributed by atoms with Gasteiger partial charge in [-0.15, -0.1) is 6.58 Å². The molecule has 0 aromatic carbocycles. The molecule has 1 saturated carbocycles. The van der Waals surface area contributed by atoms with E-state index in [9.17, 15) is 5.11 Å². The van der Waals surface area contributed by atoms with Gasteiger partial charge in [-0.1, -0.05) is 45.9 Å². The van der Waals surface area contributed by atoms with Crippen molar-refractivity contribution in [2.24, 2.45) is 23.7 Å². The fourth-order valence-electron chi connectivity index (χ4n) is 3.62. The highest BCUT2D eigenvalue weighted by Gasteiger charge is 2.57. The maximum absolute atomic E-state index is 11.1. The fourth-order valence-corrected chi connectivity index (χ4v) is 4.68. The van der Waals surface area contributed by atoms with Crippen molar-refractivity contribution in [3.63, 3.8) is 0 Å². The smallest absolute Gasteiger partial charge is 0.191 e. The van der Waals surface area contributed by atoms with E-state index in [2.05, 4.69) is 59.5 Å². The Morgan fingerprint density at radius 1 is 1.43 bits per heavy atom. The summed E-state index contributed by atoms with van der Waals surface area (Å²) in [7, 11) is -1.71. The summed E-state index contributed by atoms with van der Waals surface area (Å²) in [5.74, 6) is 1.06. The molecule has 0 aliphatic heterocycles. The second-order valence-electron chi connectivity index (χ2n) is 8.50. The van der Waals surface area contributed by atoms with E-state index in [1.807, 2.05) is 6.08 Å². The maximum atomic E-state index is 11.1. The van der Waals surface area contributed by atoms with Gasteiger partial charge in [-0.05, 0) is 30.5 Å². The van der Waals surface area contributed by atoms with Crippen LogP contribution < -0.4 is 0 Å². The van der Waals surface area contributed by atoms with Crippen molar-refractivity contribution >= 4 is 8.32 Å². The minimum Gasteiger partial charge on any atom is -0.417 e. The van der Waals surface area contributed by atoms with Gasteiger partial charge in [0.15, 0.2) is 8.32 Å². The number of rotatable bonds is 5. The third kappa shape index (κ3) is 2.69. The Labute approximate surface area is 131 Å². The molecule has 1 N–H and O–H groups in total. The third-order valence-corrected chi connectivity index (χ3v) is 10.8. The molecular formula is C18H32O2Si. The van der Waals surface area contributed by atoms with Crippen molar-refractivity contribution < 1.29 is 9.53 Å². The molecule has 21 heavy (non-hydrogen) atoms. The van der Waals surface area contributed by atoms with Crippen LogP contribution >= 0.6 is 0 Å². The van der Waals surface area contributed by atoms with Crippen LogP contribution in [0, 0.1) is 23.7 Å². The molecule has 0 aromatic rings. The van der Waals surface area contributed by atoms with E-state index in [-0.39, 0.29) is 22.8 Å². The molecule has 0 heterocycles. The van der Waals surface area contributed by atoms with Crippen molar-refractivity contribution in [3.8, 4) is 0 Å². The van der Waals surface area contributed by atoms with Crippen molar-refractivity contribution in [1.82, 2.24) is 0 Å². The third-order valence-electron chi connectivity index (χ3n) is 6.29. The van der Waals surface area contributed by atoms with Crippen LogP contribution in [0.4, 0.5) is 0 Å². The summed E-state index contributed by atoms with van der Waals surface area (Å²) in [5.41, 5.74) is -0.636. The van der Waals surface area contributed by atoms with E-state index < -0.39 is 13.9 Å². The summed E-state index contributed by atoms with van der Waals surface area (Å²) in [6.45, 7) is 18.2. The molecule has 2 nitrogen and oxygen atoms in total. The van der Waals surface area contributed by atoms with Gasteiger partial charge in [0.05, 0.1) is 5.60 Å². The summed E-state index contributed by atoms with van der Waals surface area (Å²) in [4.78, 5) is 0. The Bertz CT molecular complexity index is 435. The Kier molecular flexibility index (Phi) is 4.33. The summed E-state index contributed by atoms with van der Waals surface area (Å²) in [6.07, 6.45) is 7.36. The second kappa shape index (κ2) is 5.36. The van der Waals surface area contributed by atoms with Crippen molar-refractivity contribution in [2.45, 2.75) is 57.8 Å². The van der Waals surface area contributed by atoms with E-state index in [0.717, 1.165) is 13.0 Å². The lowest BCUT2D eigenvalue weighted by Crippen LogP contribution is -2.44. The van der Waals surface area contributed by atoms with Crippen molar-refractivity contribution in [2.75, 3.05) is 6.61 Å². The van der Waals surface area contributed by atoms with Gasteiger partial charge in [-0.25, -0.2) is 0 Å². The molecule has 1 fully saturated rings. The molecule has 2 aliphatic rings. The van der Waals surface area contributed by atoms with Crippen LogP contribution in [0.2, 0.25) is 18.1 Å². The molecule has 0 saturated heterocycles. The van der Waals surface area contributed by atoms with Crippen LogP contribution in [0.15, 0.2) is 24.8 Å². The molecule has 2 rings (SSSR count). The Morgan fingerprint density at radius 2 is 2.05 bits per heavy atom. The largest absolute Gasteiger partial charge is 0.417 e. The molecule has 120 valence electrons. The van der Waals surface area contributed by atoms with Gasteiger partial charge >= 0.3 is 0 Å². The quantitative estimate of drug-likeness (QED) is 0.603. The van der Waals surface area contributed by atoms with Gasteiger partial charge in [0, 0.05) is 24.4 Å². The highest BCUT2D eigenvalue weighted by molar-refractivity contribution is 6.74. The zero-order valence-corrected chi connectivity index (χ0v) is 15.5. The molecule has 0 spiro atoms. The minimum absolute atomic E-state index is 0.125. The molecule has 0 aromatic heterocycles. The predicted octanol–water partition coefficient (Wildman–Crippen LogP) is 4.38. The van der Waals surface area contributed by atoms with E-state index in [0.29, 0.717) is 5.92 Å². The normalized spacial score (nSPS) is 37.0. The number of aliphatic hydroxyl groups is 1. The monoisotopic (exact) mass is 308 g/mol. The zero-order chi connectivity index (χ0) is 16.1. The van der Waals surface area contributed by atoms with Gasteiger partial charge in [0.2, 0.25) is 0 Å². The summed E-state index contributed by atoms with van der Waals surface area (Å²) in [5, 5.41) is 11.4. The van der Waals surface area contributed by atoms with Gasteiger partial charge in [0.1, 0.15) is 0 Å². The van der Waals surface area contributed by atoms with E-state index in [1.165, 1.54) is 0 Å². The summed E-state index contributed by atoms with van der Waals surface area (Å²) in [6, 6.07) is 0. The minimum atomic E-state index is -1.71. The van der Waals surface area contributed by atoms with Crippen LogP contribution in [-0.4, -0.2) is 25.6 Å². The maximum Gasteiger partial charge on any atom is 0.191 e. The van der Waals surface area contributed by atoms with Crippen LogP contribution in [-0.2, 0) is 4.43 Å². The Hall–Kier alpha value is -0.383. The fraction of sp³-hybridized carbons (Fsp3) is 0.778. The van der Waals surface area contributed by atoms with E-state index in [1.54, 1.807) is 0 Å². The van der Waals surface area contributed by atoms with Gasteiger partial charge < -0.3 is 9.53 Å². The molecule has 2 bridgehead atoms. The van der Waals surface area contributed by atoms with Crippen molar-refractivity contribution in [1.29, 1.82) is 0 Å². The first-order valence-corrected chi connectivity index (χ1v) is 11.1. The average Bonchev–Trinajstić information content (AvgIpc) is 2.86. The van der Waals surface area contributed by atoms with E-state index in [4.69, 9.17) is 4.43 Å². The van der Waals surface area contributed by atoms with Gasteiger partial charge in [0.25, 0.3) is 0 Å². The molecule has 3 heteroatoms. The molecule has 5 atom stereocenters. The molecular weight excluding hydrogens is 276 g/mol. The SMILES string of the molecule is C=C[C@H](C)[C@]1(O)[C@@H]2C=C[C@H]1C[C@H]2CO[Si](C)(C)C(C)(C)C. The lowest BCUT2D eigenvalue weighted by molar-refractivity contribution is -0.0367. The van der Waals surface area contributed by atoms with E-state index >= 15 is 0 Å². The molecule has 2 aliphatic carbocycles. The first-order chi connectivity index (χ1) is 9.54. The lowest BCUT2D eigenvalue weighted by Gasteiger charge is -2.38. The average molecular weight is 309 g/mol. The van der Waals surface area contributed by atoms with Crippen LogP contribution in [0.1, 0.15) is 34.1 Å². The standard InChI is InChI=1S/C18H32O2Si/c1-8-13(2)18(19)15-9-10-16(18)14(11-15)12-20-21(6,7)17(3,4)5/h8-10,13-16,19H,1,11-12H2,2-7H3/t13-,14-,15-,16+,18+/m0/s1. The highest BCUT2D eigenvalue weighted by atomic mass is 28.4. The van der Waals surface area contributed by atoms with Gasteiger partial charge in [-0.2, -0.15) is 0 Å². The Balaban J connectivity index is 2.06. The molecule has 0 amide bonds. The number of hydrogen-bond acceptors (Lipinski definition) is 2.